The van der Waals surface area contributed by atoms with Crippen LogP contribution in [0.25, 0.3) is 32.4 Å². The number of aromatic nitrogens is 1. The van der Waals surface area contributed by atoms with Crippen LogP contribution in [-0.2, 0) is 0 Å². The SMILES string of the molecule is COc1nc2cc3ccccc3cc2c2ccccc12. The molecule has 3 aromatic carbocycles. The third-order valence-electron chi connectivity index (χ3n) is 3.73. The van der Waals surface area contributed by atoms with Crippen LogP contribution < -0.4 is 4.74 Å². The summed E-state index contributed by atoms with van der Waals surface area (Å²) in [5.74, 6) is 0.684. The summed E-state index contributed by atoms with van der Waals surface area (Å²) in [5.41, 5.74) is 0.972. The van der Waals surface area contributed by atoms with Crippen molar-refractivity contribution in [2.75, 3.05) is 7.11 Å². The van der Waals surface area contributed by atoms with Crippen molar-refractivity contribution in [2.45, 2.75) is 0 Å². The zero-order valence-electron chi connectivity index (χ0n) is 11.1. The zero-order chi connectivity index (χ0) is 13.5. The Hall–Kier alpha value is -2.61. The molecule has 0 amide bonds. The first-order valence-corrected chi connectivity index (χ1v) is 6.62. The maximum atomic E-state index is 5.44. The second kappa shape index (κ2) is 4.20. The molecule has 1 heterocycles. The third-order valence-corrected chi connectivity index (χ3v) is 3.73. The highest BCUT2D eigenvalue weighted by molar-refractivity contribution is 6.11. The second-order valence-corrected chi connectivity index (χ2v) is 4.88. The standard InChI is InChI=1S/C18H13NO/c1-20-18-15-9-5-4-8-14(15)16-10-12-6-2-3-7-13(12)11-17(16)19-18/h2-11H,1H3. The quantitative estimate of drug-likeness (QED) is 0.369. The van der Waals surface area contributed by atoms with Gasteiger partial charge in [-0.05, 0) is 34.4 Å². The summed E-state index contributed by atoms with van der Waals surface area (Å²) in [6, 6.07) is 20.9. The van der Waals surface area contributed by atoms with Crippen molar-refractivity contribution >= 4 is 32.4 Å². The summed E-state index contributed by atoms with van der Waals surface area (Å²) in [6.07, 6.45) is 0. The highest BCUT2D eigenvalue weighted by atomic mass is 16.5. The maximum Gasteiger partial charge on any atom is 0.221 e. The fourth-order valence-electron chi connectivity index (χ4n) is 2.77. The van der Waals surface area contributed by atoms with Gasteiger partial charge in [0.05, 0.1) is 12.6 Å². The summed E-state index contributed by atoms with van der Waals surface area (Å²) in [4.78, 5) is 4.65. The van der Waals surface area contributed by atoms with Crippen molar-refractivity contribution in [2.24, 2.45) is 0 Å². The summed E-state index contributed by atoms with van der Waals surface area (Å²) in [7, 11) is 1.67. The minimum atomic E-state index is 0.684. The van der Waals surface area contributed by atoms with Crippen LogP contribution in [0.4, 0.5) is 0 Å². The zero-order valence-corrected chi connectivity index (χ0v) is 11.1. The first-order chi connectivity index (χ1) is 9.86. The lowest BCUT2D eigenvalue weighted by Crippen LogP contribution is -1.91. The van der Waals surface area contributed by atoms with E-state index in [4.69, 9.17) is 4.74 Å². The number of hydrogen-bond donors (Lipinski definition) is 0. The van der Waals surface area contributed by atoms with E-state index in [0.717, 1.165) is 10.9 Å². The molecule has 20 heavy (non-hydrogen) atoms. The topological polar surface area (TPSA) is 22.1 Å². The number of nitrogens with zero attached hydrogens (tertiary/aromatic N) is 1. The number of hydrogen-bond acceptors (Lipinski definition) is 2. The second-order valence-electron chi connectivity index (χ2n) is 4.88. The highest BCUT2D eigenvalue weighted by Crippen LogP contribution is 2.32. The third kappa shape index (κ3) is 1.55. The molecule has 0 bridgehead atoms. The molecule has 0 spiro atoms. The molecule has 0 aliphatic carbocycles. The molecular formula is C18H13NO. The minimum Gasteiger partial charge on any atom is -0.481 e. The molecule has 4 rings (SSSR count). The number of ether oxygens (including phenoxy) is 1. The summed E-state index contributed by atoms with van der Waals surface area (Å²) < 4.78 is 5.44. The fourth-order valence-corrected chi connectivity index (χ4v) is 2.77. The molecule has 2 heteroatoms. The van der Waals surface area contributed by atoms with Crippen molar-refractivity contribution in [1.29, 1.82) is 0 Å². The van der Waals surface area contributed by atoms with E-state index in [1.54, 1.807) is 7.11 Å². The van der Waals surface area contributed by atoms with Crippen LogP contribution in [0.15, 0.2) is 60.7 Å². The van der Waals surface area contributed by atoms with Crippen LogP contribution >= 0.6 is 0 Å². The van der Waals surface area contributed by atoms with Crippen LogP contribution in [0.2, 0.25) is 0 Å². The fraction of sp³-hybridized carbons (Fsp3) is 0.0556. The number of benzene rings is 3. The molecule has 0 unspecified atom stereocenters. The lowest BCUT2D eigenvalue weighted by atomic mass is 10.0. The Morgan fingerprint density at radius 3 is 2.15 bits per heavy atom. The Labute approximate surface area is 116 Å². The van der Waals surface area contributed by atoms with Crippen LogP contribution in [0.1, 0.15) is 0 Å². The molecule has 2 nitrogen and oxygen atoms in total. The number of pyridine rings is 1. The Morgan fingerprint density at radius 2 is 1.40 bits per heavy atom. The molecule has 4 aromatic rings. The van der Waals surface area contributed by atoms with Crippen molar-refractivity contribution in [3.05, 3.63) is 60.7 Å². The van der Waals surface area contributed by atoms with E-state index in [2.05, 4.69) is 53.5 Å². The van der Waals surface area contributed by atoms with E-state index >= 15 is 0 Å². The van der Waals surface area contributed by atoms with Gasteiger partial charge in [0.2, 0.25) is 5.88 Å². The van der Waals surface area contributed by atoms with Gasteiger partial charge in [-0.3, -0.25) is 0 Å². The molecule has 0 fully saturated rings. The molecule has 0 aliphatic rings. The highest BCUT2D eigenvalue weighted by Gasteiger charge is 2.09. The predicted octanol–water partition coefficient (Wildman–Crippen LogP) is 4.55. The van der Waals surface area contributed by atoms with Gasteiger partial charge in [-0.15, -0.1) is 0 Å². The van der Waals surface area contributed by atoms with Crippen molar-refractivity contribution < 1.29 is 4.74 Å². The van der Waals surface area contributed by atoms with E-state index in [0.29, 0.717) is 5.88 Å². The number of fused-ring (bicyclic) bond motifs is 4. The average Bonchev–Trinajstić information content (AvgIpc) is 2.52. The first-order valence-electron chi connectivity index (χ1n) is 6.62. The normalized spacial score (nSPS) is 11.2. The number of methoxy groups -OCH3 is 1. The van der Waals surface area contributed by atoms with Gasteiger partial charge < -0.3 is 4.74 Å². The molecule has 0 N–H and O–H groups in total. The number of rotatable bonds is 1. The Bertz CT molecular complexity index is 944. The van der Waals surface area contributed by atoms with Crippen LogP contribution in [0.3, 0.4) is 0 Å². The van der Waals surface area contributed by atoms with E-state index in [9.17, 15) is 0 Å². The molecule has 96 valence electrons. The molecule has 0 radical (unpaired) electrons. The van der Waals surface area contributed by atoms with Gasteiger partial charge in [-0.25, -0.2) is 4.98 Å². The summed E-state index contributed by atoms with van der Waals surface area (Å²) in [5, 5.41) is 5.83. The van der Waals surface area contributed by atoms with E-state index in [1.807, 2.05) is 12.1 Å². The molecule has 0 aliphatic heterocycles. The van der Waals surface area contributed by atoms with E-state index < -0.39 is 0 Å². The van der Waals surface area contributed by atoms with Gasteiger partial charge in [-0.2, -0.15) is 0 Å². The van der Waals surface area contributed by atoms with Crippen LogP contribution in [-0.4, -0.2) is 12.1 Å². The summed E-state index contributed by atoms with van der Waals surface area (Å²) in [6.45, 7) is 0. The Balaban J connectivity index is 2.25. The lowest BCUT2D eigenvalue weighted by molar-refractivity contribution is 0.405. The first kappa shape index (κ1) is 11.2. The summed E-state index contributed by atoms with van der Waals surface area (Å²) >= 11 is 0. The van der Waals surface area contributed by atoms with E-state index in [1.165, 1.54) is 21.5 Å². The Kier molecular flexibility index (Phi) is 2.36. The Morgan fingerprint density at radius 1 is 0.750 bits per heavy atom. The van der Waals surface area contributed by atoms with Crippen molar-refractivity contribution in [3.63, 3.8) is 0 Å². The van der Waals surface area contributed by atoms with E-state index in [-0.39, 0.29) is 0 Å². The van der Waals surface area contributed by atoms with Crippen LogP contribution in [0, 0.1) is 0 Å². The van der Waals surface area contributed by atoms with Gasteiger partial charge in [0.1, 0.15) is 0 Å². The lowest BCUT2D eigenvalue weighted by Gasteiger charge is -2.09. The van der Waals surface area contributed by atoms with Crippen molar-refractivity contribution in [3.8, 4) is 5.88 Å². The van der Waals surface area contributed by atoms with Gasteiger partial charge >= 0.3 is 0 Å². The predicted molar refractivity (Wildman–Crippen MR) is 83.3 cm³/mol. The molecular weight excluding hydrogens is 246 g/mol. The molecule has 1 aromatic heterocycles. The smallest absolute Gasteiger partial charge is 0.221 e. The van der Waals surface area contributed by atoms with Gasteiger partial charge in [0.25, 0.3) is 0 Å². The van der Waals surface area contributed by atoms with Gasteiger partial charge in [-0.1, -0.05) is 42.5 Å². The minimum absolute atomic E-state index is 0.684. The average molecular weight is 259 g/mol. The molecule has 0 atom stereocenters. The van der Waals surface area contributed by atoms with Gasteiger partial charge in [0, 0.05) is 10.8 Å². The maximum absolute atomic E-state index is 5.44. The van der Waals surface area contributed by atoms with Gasteiger partial charge in [0.15, 0.2) is 0 Å². The largest absolute Gasteiger partial charge is 0.481 e. The molecule has 0 saturated carbocycles. The molecule has 0 saturated heterocycles. The van der Waals surface area contributed by atoms with Crippen LogP contribution in [0.5, 0.6) is 5.88 Å². The monoisotopic (exact) mass is 259 g/mol. The van der Waals surface area contributed by atoms with Crippen molar-refractivity contribution in [1.82, 2.24) is 4.98 Å².